The van der Waals surface area contributed by atoms with Crippen LogP contribution in [0.25, 0.3) is 0 Å². The summed E-state index contributed by atoms with van der Waals surface area (Å²) in [5, 5.41) is 27.6. The van der Waals surface area contributed by atoms with Gasteiger partial charge in [0.05, 0.1) is 12.7 Å². The highest BCUT2D eigenvalue weighted by molar-refractivity contribution is 5.28. The van der Waals surface area contributed by atoms with Crippen molar-refractivity contribution in [1.82, 2.24) is 9.55 Å². The predicted octanol–water partition coefficient (Wildman–Crippen LogP) is -0.975. The van der Waals surface area contributed by atoms with Crippen molar-refractivity contribution in [3.05, 3.63) is 35.4 Å². The average molecular weight is 269 g/mol. The Morgan fingerprint density at radius 3 is 2.95 bits per heavy atom. The molecule has 1 fully saturated rings. The monoisotopic (exact) mass is 269 g/mol. The molecule has 4 N–H and O–H groups in total. The molecule has 0 amide bonds. The van der Waals surface area contributed by atoms with E-state index in [0.29, 0.717) is 0 Å². The topological polar surface area (TPSA) is 117 Å². The minimum atomic E-state index is -1.26. The number of nitrogens with one attached hydrogen (secondary N) is 1. The predicted molar refractivity (Wildman–Crippen MR) is 64.7 cm³/mol. The summed E-state index contributed by atoms with van der Waals surface area (Å²) >= 11 is 0. The highest BCUT2D eigenvalue weighted by Gasteiger charge is 2.45. The molecule has 0 radical (unpaired) electrons. The van der Waals surface area contributed by atoms with Gasteiger partial charge in [-0.25, -0.2) is 4.79 Å². The van der Waals surface area contributed by atoms with Gasteiger partial charge in [-0.1, -0.05) is 6.58 Å². The number of hydrogen-bond acceptors (Lipinski definition) is 7. The maximum atomic E-state index is 11.9. The Labute approximate surface area is 108 Å². The third-order valence-corrected chi connectivity index (χ3v) is 3.11. The van der Waals surface area contributed by atoms with Gasteiger partial charge in [-0.15, -0.1) is 0 Å². The molecule has 1 aliphatic rings. The Balaban J connectivity index is 2.43. The van der Waals surface area contributed by atoms with E-state index in [1.54, 1.807) is 5.48 Å². The van der Waals surface area contributed by atoms with Crippen LogP contribution in [0.5, 0.6) is 0 Å². The van der Waals surface area contributed by atoms with Gasteiger partial charge < -0.3 is 14.9 Å². The van der Waals surface area contributed by atoms with Crippen molar-refractivity contribution in [2.45, 2.75) is 24.4 Å². The van der Waals surface area contributed by atoms with E-state index in [1.165, 1.54) is 18.3 Å². The van der Waals surface area contributed by atoms with Crippen LogP contribution >= 0.6 is 0 Å². The first kappa shape index (κ1) is 13.7. The number of anilines is 1. The number of nitrogens with zero attached hydrogens (tertiary/aromatic N) is 2. The summed E-state index contributed by atoms with van der Waals surface area (Å²) in [6.45, 7) is 3.24. The van der Waals surface area contributed by atoms with E-state index in [0.717, 1.165) is 4.57 Å². The zero-order valence-corrected chi connectivity index (χ0v) is 10.1. The summed E-state index contributed by atoms with van der Waals surface area (Å²) < 4.78 is 6.67. The molecule has 0 aromatic carbocycles. The van der Waals surface area contributed by atoms with E-state index in [1.807, 2.05) is 0 Å². The number of aliphatic hydroxyl groups excluding tert-OH is 2. The lowest BCUT2D eigenvalue weighted by Crippen LogP contribution is -2.41. The molecule has 0 saturated carbocycles. The largest absolute Gasteiger partial charge is 0.394 e. The van der Waals surface area contributed by atoms with Gasteiger partial charge >= 0.3 is 5.69 Å². The number of aromatic nitrogens is 2. The molecule has 1 aromatic heterocycles. The Morgan fingerprint density at radius 1 is 1.74 bits per heavy atom. The summed E-state index contributed by atoms with van der Waals surface area (Å²) in [6.07, 6.45) is 1.12. The maximum Gasteiger partial charge on any atom is 0.352 e. The highest BCUT2D eigenvalue weighted by Crippen LogP contribution is 2.35. The second-order valence-electron chi connectivity index (χ2n) is 4.24. The summed E-state index contributed by atoms with van der Waals surface area (Å²) in [5.74, 6) is -0.00211. The first-order valence-corrected chi connectivity index (χ1v) is 5.67. The maximum absolute atomic E-state index is 11.9. The van der Waals surface area contributed by atoms with Crippen LogP contribution in [0.4, 0.5) is 5.82 Å². The van der Waals surface area contributed by atoms with Crippen LogP contribution < -0.4 is 11.2 Å². The molecule has 2 heterocycles. The van der Waals surface area contributed by atoms with Crippen LogP contribution in [0.2, 0.25) is 0 Å². The van der Waals surface area contributed by atoms with E-state index in [9.17, 15) is 9.90 Å². The summed E-state index contributed by atoms with van der Waals surface area (Å²) in [5.41, 5.74) is -0.171. The van der Waals surface area contributed by atoms with Gasteiger partial charge in [0.25, 0.3) is 0 Å². The fourth-order valence-corrected chi connectivity index (χ4v) is 2.12. The lowest BCUT2D eigenvalue weighted by atomic mass is 10.1. The van der Waals surface area contributed by atoms with Crippen molar-refractivity contribution in [2.75, 3.05) is 12.1 Å². The standard InChI is InChI=1S/C11H15N3O5/c1-2-11(5-7(16)8(6-15)19-11)14-4-3-9(13-18)12-10(14)17/h2-4,7-8,15-16,18H,1,5-6H2,(H,12,13,17)/t7-,8+,11+/m0/s1. The lowest BCUT2D eigenvalue weighted by Gasteiger charge is -2.27. The zero-order chi connectivity index (χ0) is 14.0. The molecule has 1 aliphatic heterocycles. The minimum Gasteiger partial charge on any atom is -0.394 e. The van der Waals surface area contributed by atoms with Gasteiger partial charge in [0.1, 0.15) is 6.10 Å². The molecule has 104 valence electrons. The van der Waals surface area contributed by atoms with Crippen molar-refractivity contribution in [2.24, 2.45) is 0 Å². The lowest BCUT2D eigenvalue weighted by molar-refractivity contribution is -0.0891. The van der Waals surface area contributed by atoms with Gasteiger partial charge in [-0.05, 0) is 12.1 Å². The van der Waals surface area contributed by atoms with E-state index in [2.05, 4.69) is 11.6 Å². The Morgan fingerprint density at radius 2 is 2.47 bits per heavy atom. The third-order valence-electron chi connectivity index (χ3n) is 3.11. The SMILES string of the molecule is C=C[C@]1(n2ccc(NO)nc2=O)C[C@H](O)[C@@H](CO)O1. The second kappa shape index (κ2) is 5.10. The van der Waals surface area contributed by atoms with Gasteiger partial charge in [0, 0.05) is 12.6 Å². The van der Waals surface area contributed by atoms with Crippen molar-refractivity contribution < 1.29 is 20.2 Å². The van der Waals surface area contributed by atoms with E-state index in [4.69, 9.17) is 15.1 Å². The van der Waals surface area contributed by atoms with E-state index < -0.39 is 23.6 Å². The molecule has 2 rings (SSSR count). The van der Waals surface area contributed by atoms with Crippen LogP contribution in [0, 0.1) is 0 Å². The molecular weight excluding hydrogens is 254 g/mol. The molecule has 0 aliphatic carbocycles. The molecular formula is C11H15N3O5. The molecule has 0 spiro atoms. The molecule has 8 nitrogen and oxygen atoms in total. The molecule has 0 bridgehead atoms. The van der Waals surface area contributed by atoms with Crippen molar-refractivity contribution >= 4 is 5.82 Å². The number of rotatable bonds is 4. The Kier molecular flexibility index (Phi) is 3.67. The minimum absolute atomic E-state index is 0.00211. The normalized spacial score (nSPS) is 30.3. The van der Waals surface area contributed by atoms with Crippen LogP contribution in [0.1, 0.15) is 6.42 Å². The summed E-state index contributed by atoms with van der Waals surface area (Å²) in [6, 6.07) is 1.37. The zero-order valence-electron chi connectivity index (χ0n) is 10.1. The van der Waals surface area contributed by atoms with Crippen LogP contribution in [-0.4, -0.2) is 43.8 Å². The first-order chi connectivity index (χ1) is 9.06. The fourth-order valence-electron chi connectivity index (χ4n) is 2.12. The number of hydrogen-bond donors (Lipinski definition) is 4. The molecule has 0 unspecified atom stereocenters. The second-order valence-corrected chi connectivity index (χ2v) is 4.24. The highest BCUT2D eigenvalue weighted by atomic mass is 16.6. The van der Waals surface area contributed by atoms with E-state index >= 15 is 0 Å². The third kappa shape index (κ3) is 2.26. The molecule has 8 heteroatoms. The fraction of sp³-hybridized carbons (Fsp3) is 0.455. The molecule has 1 aromatic rings. The molecule has 1 saturated heterocycles. The quantitative estimate of drug-likeness (QED) is 0.410. The van der Waals surface area contributed by atoms with Crippen LogP contribution in [-0.2, 0) is 10.5 Å². The van der Waals surface area contributed by atoms with Gasteiger partial charge in [-0.2, -0.15) is 4.98 Å². The summed E-state index contributed by atoms with van der Waals surface area (Å²) in [4.78, 5) is 15.5. The van der Waals surface area contributed by atoms with Crippen molar-refractivity contribution in [3.63, 3.8) is 0 Å². The van der Waals surface area contributed by atoms with Gasteiger partial charge in [0.2, 0.25) is 0 Å². The Hall–Kier alpha value is -1.74. The van der Waals surface area contributed by atoms with E-state index in [-0.39, 0.29) is 18.8 Å². The molecule has 3 atom stereocenters. The van der Waals surface area contributed by atoms with Crippen LogP contribution in [0.3, 0.4) is 0 Å². The van der Waals surface area contributed by atoms with Crippen molar-refractivity contribution in [3.8, 4) is 0 Å². The Bertz CT molecular complexity index is 531. The van der Waals surface area contributed by atoms with Gasteiger partial charge in [0.15, 0.2) is 11.5 Å². The average Bonchev–Trinajstić information content (AvgIpc) is 2.76. The van der Waals surface area contributed by atoms with Crippen LogP contribution in [0.15, 0.2) is 29.7 Å². The van der Waals surface area contributed by atoms with Crippen molar-refractivity contribution in [1.29, 1.82) is 0 Å². The number of aliphatic hydroxyl groups is 2. The first-order valence-electron chi connectivity index (χ1n) is 5.67. The number of ether oxygens (including phenoxy) is 1. The summed E-state index contributed by atoms with van der Waals surface area (Å²) in [7, 11) is 0. The van der Waals surface area contributed by atoms with Gasteiger partial charge in [-0.3, -0.25) is 15.3 Å². The molecule has 19 heavy (non-hydrogen) atoms. The smallest absolute Gasteiger partial charge is 0.352 e.